The van der Waals surface area contributed by atoms with Crippen molar-refractivity contribution in [2.75, 3.05) is 32.1 Å². The Labute approximate surface area is 153 Å². The number of nitrogens with zero attached hydrogens (tertiary/aromatic N) is 2. The quantitative estimate of drug-likeness (QED) is 0.618. The van der Waals surface area contributed by atoms with Crippen molar-refractivity contribution in [1.29, 1.82) is 0 Å². The maximum Gasteiger partial charge on any atom is 0.0559 e. The molecule has 0 radical (unpaired) electrons. The van der Waals surface area contributed by atoms with Gasteiger partial charge in [-0.05, 0) is 43.1 Å². The Bertz CT molecular complexity index is 863. The number of benzene rings is 3. The molecule has 0 N–H and O–H groups in total. The Morgan fingerprint density at radius 1 is 0.875 bits per heavy atom. The fourth-order valence-electron chi connectivity index (χ4n) is 3.10. The van der Waals surface area contributed by atoms with E-state index in [9.17, 15) is 0 Å². The van der Waals surface area contributed by atoms with Crippen molar-refractivity contribution in [2.45, 2.75) is 9.79 Å². The second-order valence-electron chi connectivity index (χ2n) is 6.16. The molecule has 124 valence electrons. The monoisotopic (exact) mass is 356 g/mol. The molecule has 0 fully saturated rings. The van der Waals surface area contributed by atoms with Crippen LogP contribution in [0.15, 0.2) is 70.5 Å². The van der Waals surface area contributed by atoms with Crippen LogP contribution in [0.1, 0.15) is 0 Å². The predicted molar refractivity (Wildman–Crippen MR) is 107 cm³/mol. The zero-order valence-electron chi connectivity index (χ0n) is 13.9. The number of rotatable bonds is 3. The minimum atomic E-state index is 0. The van der Waals surface area contributed by atoms with Crippen LogP contribution < -0.4 is 4.90 Å². The standard InChI is InChI=1S/C20H20N2S.ClH/c1-21(2)13-14-22-17-9-5-6-10-19(17)23-20-16-8-4-3-7-15(16)11-12-18(20)22;/h3-12H,13-14H2,1-2H3;1H. The summed E-state index contributed by atoms with van der Waals surface area (Å²) in [6, 6.07) is 21.9. The molecule has 0 bridgehead atoms. The summed E-state index contributed by atoms with van der Waals surface area (Å²) < 4.78 is 0. The van der Waals surface area contributed by atoms with E-state index in [1.54, 1.807) is 0 Å². The maximum absolute atomic E-state index is 2.47. The highest BCUT2D eigenvalue weighted by Gasteiger charge is 2.24. The van der Waals surface area contributed by atoms with Crippen LogP contribution in [0.3, 0.4) is 0 Å². The molecule has 0 spiro atoms. The zero-order valence-corrected chi connectivity index (χ0v) is 15.5. The lowest BCUT2D eigenvalue weighted by molar-refractivity contribution is 0.418. The number of likely N-dealkylation sites (N-methyl/N-ethyl adjacent to an activating group) is 1. The smallest absolute Gasteiger partial charge is 0.0559 e. The maximum atomic E-state index is 2.47. The Balaban J connectivity index is 0.00000169. The Morgan fingerprint density at radius 2 is 1.62 bits per heavy atom. The lowest BCUT2D eigenvalue weighted by atomic mass is 10.1. The van der Waals surface area contributed by atoms with Gasteiger partial charge in [0.2, 0.25) is 0 Å². The average Bonchev–Trinajstić information content (AvgIpc) is 2.58. The van der Waals surface area contributed by atoms with E-state index < -0.39 is 0 Å². The molecular weight excluding hydrogens is 336 g/mol. The van der Waals surface area contributed by atoms with Gasteiger partial charge in [0.15, 0.2) is 0 Å². The molecule has 0 amide bonds. The highest BCUT2D eigenvalue weighted by Crippen LogP contribution is 2.50. The first-order valence-corrected chi connectivity index (χ1v) is 8.76. The molecule has 0 saturated heterocycles. The van der Waals surface area contributed by atoms with E-state index in [0.29, 0.717) is 0 Å². The molecule has 1 aliphatic rings. The third-order valence-corrected chi connectivity index (χ3v) is 5.49. The van der Waals surface area contributed by atoms with Gasteiger partial charge in [0.05, 0.1) is 11.4 Å². The molecule has 0 atom stereocenters. The minimum Gasteiger partial charge on any atom is -0.338 e. The van der Waals surface area contributed by atoms with Crippen molar-refractivity contribution in [2.24, 2.45) is 0 Å². The van der Waals surface area contributed by atoms with Gasteiger partial charge in [0.25, 0.3) is 0 Å². The molecule has 2 nitrogen and oxygen atoms in total. The van der Waals surface area contributed by atoms with Gasteiger partial charge in [-0.3, -0.25) is 0 Å². The highest BCUT2D eigenvalue weighted by molar-refractivity contribution is 8.00. The van der Waals surface area contributed by atoms with Crippen LogP contribution in [0.4, 0.5) is 11.4 Å². The Kier molecular flexibility index (Phi) is 5.04. The van der Waals surface area contributed by atoms with Crippen molar-refractivity contribution in [3.05, 3.63) is 60.7 Å². The van der Waals surface area contributed by atoms with E-state index in [4.69, 9.17) is 0 Å². The van der Waals surface area contributed by atoms with Crippen molar-refractivity contribution < 1.29 is 0 Å². The normalized spacial score (nSPS) is 12.7. The van der Waals surface area contributed by atoms with Crippen LogP contribution in [-0.4, -0.2) is 32.1 Å². The first-order chi connectivity index (χ1) is 11.2. The van der Waals surface area contributed by atoms with Gasteiger partial charge in [-0.25, -0.2) is 0 Å². The first kappa shape index (κ1) is 17.2. The van der Waals surface area contributed by atoms with Gasteiger partial charge in [0.1, 0.15) is 0 Å². The van der Waals surface area contributed by atoms with Gasteiger partial charge < -0.3 is 9.80 Å². The van der Waals surface area contributed by atoms with Crippen LogP contribution >= 0.6 is 24.2 Å². The second kappa shape index (κ2) is 7.06. The van der Waals surface area contributed by atoms with E-state index >= 15 is 0 Å². The molecule has 24 heavy (non-hydrogen) atoms. The van der Waals surface area contributed by atoms with Gasteiger partial charge in [-0.15, -0.1) is 12.4 Å². The number of anilines is 2. The summed E-state index contributed by atoms with van der Waals surface area (Å²) in [6.45, 7) is 2.03. The molecule has 1 aliphatic heterocycles. The van der Waals surface area contributed by atoms with Crippen LogP contribution in [-0.2, 0) is 0 Å². The molecule has 1 heterocycles. The summed E-state index contributed by atoms with van der Waals surface area (Å²) in [6.07, 6.45) is 0. The summed E-state index contributed by atoms with van der Waals surface area (Å²) in [5.74, 6) is 0. The van der Waals surface area contributed by atoms with Crippen LogP contribution in [0.25, 0.3) is 10.8 Å². The molecule has 0 aliphatic carbocycles. The van der Waals surface area contributed by atoms with Crippen molar-refractivity contribution in [3.63, 3.8) is 0 Å². The summed E-state index contributed by atoms with van der Waals surface area (Å²) in [5.41, 5.74) is 2.65. The van der Waals surface area contributed by atoms with Crippen molar-refractivity contribution in [1.82, 2.24) is 4.90 Å². The largest absolute Gasteiger partial charge is 0.338 e. The highest BCUT2D eigenvalue weighted by atomic mass is 35.5. The van der Waals surface area contributed by atoms with E-state index in [2.05, 4.69) is 84.6 Å². The zero-order chi connectivity index (χ0) is 15.8. The molecule has 0 saturated carbocycles. The third-order valence-electron chi connectivity index (χ3n) is 4.29. The van der Waals surface area contributed by atoms with Gasteiger partial charge in [-0.2, -0.15) is 0 Å². The molecule has 4 heteroatoms. The van der Waals surface area contributed by atoms with Crippen LogP contribution in [0.5, 0.6) is 0 Å². The van der Waals surface area contributed by atoms with E-state index in [-0.39, 0.29) is 12.4 Å². The summed E-state index contributed by atoms with van der Waals surface area (Å²) >= 11 is 1.89. The fraction of sp³-hybridized carbons (Fsp3) is 0.200. The van der Waals surface area contributed by atoms with E-state index in [1.165, 1.54) is 31.9 Å². The predicted octanol–water partition coefficient (Wildman–Crippen LogP) is 5.43. The Morgan fingerprint density at radius 3 is 2.46 bits per heavy atom. The summed E-state index contributed by atoms with van der Waals surface area (Å²) in [4.78, 5) is 7.43. The SMILES string of the molecule is CN(C)CCN1c2ccccc2Sc2c1ccc1ccccc21.Cl. The average molecular weight is 357 g/mol. The lowest BCUT2D eigenvalue weighted by Crippen LogP contribution is -2.29. The molecule has 4 rings (SSSR count). The van der Waals surface area contributed by atoms with Crippen LogP contribution in [0.2, 0.25) is 0 Å². The number of halogens is 1. The minimum absolute atomic E-state index is 0. The first-order valence-electron chi connectivity index (χ1n) is 7.95. The summed E-state index contributed by atoms with van der Waals surface area (Å²) in [7, 11) is 4.26. The Hall–Kier alpha value is -1.68. The number of hydrogen-bond acceptors (Lipinski definition) is 3. The van der Waals surface area contributed by atoms with Crippen LogP contribution in [0, 0.1) is 0 Å². The van der Waals surface area contributed by atoms with Crippen molar-refractivity contribution in [3.8, 4) is 0 Å². The number of fused-ring (bicyclic) bond motifs is 4. The third kappa shape index (κ3) is 3.00. The number of hydrogen-bond donors (Lipinski definition) is 0. The number of para-hydroxylation sites is 1. The molecular formula is C20H21ClN2S. The lowest BCUT2D eigenvalue weighted by Gasteiger charge is -2.34. The van der Waals surface area contributed by atoms with E-state index in [1.807, 2.05) is 11.8 Å². The van der Waals surface area contributed by atoms with Gasteiger partial charge in [-0.1, -0.05) is 54.2 Å². The topological polar surface area (TPSA) is 6.48 Å². The molecule has 0 aromatic heterocycles. The van der Waals surface area contributed by atoms with E-state index in [0.717, 1.165) is 13.1 Å². The van der Waals surface area contributed by atoms with Gasteiger partial charge in [0, 0.05) is 22.9 Å². The molecule has 3 aromatic rings. The molecule has 3 aromatic carbocycles. The second-order valence-corrected chi connectivity index (χ2v) is 7.21. The van der Waals surface area contributed by atoms with Gasteiger partial charge >= 0.3 is 0 Å². The summed E-state index contributed by atoms with van der Waals surface area (Å²) in [5, 5.41) is 2.66. The van der Waals surface area contributed by atoms with Crippen molar-refractivity contribution >= 4 is 46.3 Å². The fourth-order valence-corrected chi connectivity index (χ4v) is 4.33. The molecule has 0 unspecified atom stereocenters.